The maximum atomic E-state index is 12.8. The first-order chi connectivity index (χ1) is 13.3. The summed E-state index contributed by atoms with van der Waals surface area (Å²) in [4.78, 5) is 12.4. The highest BCUT2D eigenvalue weighted by Gasteiger charge is 2.32. The van der Waals surface area contributed by atoms with Gasteiger partial charge in [0.25, 0.3) is 0 Å². The van der Waals surface area contributed by atoms with Crippen LogP contribution in [-0.2, 0) is 19.6 Å². The highest BCUT2D eigenvalue weighted by atomic mass is 35.5. The van der Waals surface area contributed by atoms with Crippen molar-refractivity contribution in [3.05, 3.63) is 23.2 Å². The Hall–Kier alpha value is -1.35. The molecule has 158 valence electrons. The van der Waals surface area contributed by atoms with Gasteiger partial charge in [0.05, 0.1) is 23.1 Å². The third-order valence-electron chi connectivity index (χ3n) is 4.66. The molecule has 1 fully saturated rings. The van der Waals surface area contributed by atoms with Gasteiger partial charge in [-0.3, -0.25) is 4.79 Å². The number of ether oxygens (including phenoxy) is 2. The summed E-state index contributed by atoms with van der Waals surface area (Å²) in [6.45, 7) is 5.73. The van der Waals surface area contributed by atoms with E-state index in [1.807, 2.05) is 13.8 Å². The first-order valence-corrected chi connectivity index (χ1v) is 11.3. The van der Waals surface area contributed by atoms with Crippen molar-refractivity contribution in [1.82, 2.24) is 9.62 Å². The van der Waals surface area contributed by atoms with Gasteiger partial charge in [-0.05, 0) is 51.3 Å². The molecule has 0 bridgehead atoms. The third kappa shape index (κ3) is 6.07. The van der Waals surface area contributed by atoms with E-state index in [-0.39, 0.29) is 27.8 Å². The Morgan fingerprint density at radius 3 is 2.57 bits per heavy atom. The number of sulfonamides is 1. The van der Waals surface area contributed by atoms with Crippen LogP contribution in [0.4, 0.5) is 0 Å². The molecule has 0 saturated carbocycles. The summed E-state index contributed by atoms with van der Waals surface area (Å²) in [6.07, 6.45) is 1.94. The smallest absolute Gasteiger partial charge is 0.243 e. The van der Waals surface area contributed by atoms with Crippen LogP contribution < -0.4 is 10.1 Å². The number of hydrogen-bond acceptors (Lipinski definition) is 5. The predicted molar refractivity (Wildman–Crippen MR) is 108 cm³/mol. The molecule has 0 radical (unpaired) electrons. The van der Waals surface area contributed by atoms with E-state index in [0.29, 0.717) is 44.8 Å². The summed E-state index contributed by atoms with van der Waals surface area (Å²) in [5, 5.41) is 3.16. The molecular formula is C19H29ClN2O5S. The fourth-order valence-corrected chi connectivity index (χ4v) is 4.88. The number of carbonyl (C=O) groups excluding carboxylic acids is 1. The number of halogens is 1. The van der Waals surface area contributed by atoms with Crippen molar-refractivity contribution in [3.63, 3.8) is 0 Å². The van der Waals surface area contributed by atoms with Crippen LogP contribution in [0.3, 0.4) is 0 Å². The first kappa shape index (κ1) is 22.9. The second-order valence-corrected chi connectivity index (χ2v) is 9.38. The molecule has 1 heterocycles. The monoisotopic (exact) mass is 432 g/mol. The minimum atomic E-state index is -3.65. The van der Waals surface area contributed by atoms with Crippen LogP contribution in [0, 0.1) is 5.92 Å². The van der Waals surface area contributed by atoms with E-state index in [1.54, 1.807) is 6.07 Å². The van der Waals surface area contributed by atoms with Crippen LogP contribution in [-0.4, -0.2) is 58.1 Å². The largest absolute Gasteiger partial charge is 0.495 e. The fraction of sp³-hybridized carbons (Fsp3) is 0.632. The average molecular weight is 433 g/mol. The minimum Gasteiger partial charge on any atom is -0.495 e. The van der Waals surface area contributed by atoms with Crippen LogP contribution in [0.15, 0.2) is 23.1 Å². The number of amides is 1. The van der Waals surface area contributed by atoms with Crippen molar-refractivity contribution in [2.24, 2.45) is 5.92 Å². The van der Waals surface area contributed by atoms with Crippen LogP contribution in [0.1, 0.15) is 33.1 Å². The molecule has 0 atom stereocenters. The fourth-order valence-electron chi connectivity index (χ4n) is 3.06. The number of piperidine rings is 1. The molecule has 0 spiro atoms. The van der Waals surface area contributed by atoms with Gasteiger partial charge >= 0.3 is 0 Å². The third-order valence-corrected chi connectivity index (χ3v) is 6.85. The molecule has 1 aliphatic heterocycles. The van der Waals surface area contributed by atoms with Gasteiger partial charge < -0.3 is 14.8 Å². The Morgan fingerprint density at radius 2 is 2.00 bits per heavy atom. The number of rotatable bonds is 9. The molecule has 0 unspecified atom stereocenters. The van der Waals surface area contributed by atoms with Crippen LogP contribution in [0.2, 0.25) is 5.02 Å². The molecule has 0 aliphatic carbocycles. The summed E-state index contributed by atoms with van der Waals surface area (Å²) in [5.74, 6) is 0.237. The molecule has 1 aliphatic rings. The molecule has 0 aromatic heterocycles. The second kappa shape index (κ2) is 10.4. The Labute approximate surface area is 172 Å². The molecule has 1 aromatic rings. The summed E-state index contributed by atoms with van der Waals surface area (Å²) >= 11 is 6.06. The molecule has 7 nitrogen and oxygen atoms in total. The van der Waals surface area contributed by atoms with Crippen LogP contribution in [0.25, 0.3) is 0 Å². The summed E-state index contributed by atoms with van der Waals surface area (Å²) in [6, 6.07) is 4.42. The highest BCUT2D eigenvalue weighted by Crippen LogP contribution is 2.30. The first-order valence-electron chi connectivity index (χ1n) is 9.48. The Kier molecular flexibility index (Phi) is 8.55. The maximum Gasteiger partial charge on any atom is 0.243 e. The van der Waals surface area contributed by atoms with Crippen molar-refractivity contribution in [2.75, 3.05) is 33.4 Å². The number of carbonyl (C=O) groups is 1. The van der Waals surface area contributed by atoms with Gasteiger partial charge in [0, 0.05) is 32.2 Å². The van der Waals surface area contributed by atoms with E-state index < -0.39 is 10.0 Å². The predicted octanol–water partition coefficient (Wildman–Crippen LogP) is 2.68. The minimum absolute atomic E-state index is 0.0194. The van der Waals surface area contributed by atoms with Crippen molar-refractivity contribution in [3.8, 4) is 5.75 Å². The standard InChI is InChI=1S/C19H29ClN2O5S/c1-14(2)27-12-4-9-21-19(23)15-7-10-22(11-8-15)28(24,25)16-5-6-18(26-3)17(20)13-16/h5-6,13-15H,4,7-12H2,1-3H3,(H,21,23). The lowest BCUT2D eigenvalue weighted by Gasteiger charge is -2.30. The van der Waals surface area contributed by atoms with Gasteiger partial charge in [-0.15, -0.1) is 0 Å². The zero-order valence-corrected chi connectivity index (χ0v) is 18.2. The van der Waals surface area contributed by atoms with Gasteiger partial charge in [0.1, 0.15) is 5.75 Å². The van der Waals surface area contributed by atoms with Crippen molar-refractivity contribution in [2.45, 2.75) is 44.1 Å². The highest BCUT2D eigenvalue weighted by molar-refractivity contribution is 7.89. The number of nitrogens with zero attached hydrogens (tertiary/aromatic N) is 1. The van der Waals surface area contributed by atoms with E-state index in [0.717, 1.165) is 6.42 Å². The van der Waals surface area contributed by atoms with E-state index in [2.05, 4.69) is 5.32 Å². The Balaban J connectivity index is 1.85. The summed E-state index contributed by atoms with van der Waals surface area (Å²) in [5.41, 5.74) is 0. The van der Waals surface area contributed by atoms with Crippen molar-refractivity contribution >= 4 is 27.5 Å². The van der Waals surface area contributed by atoms with Crippen molar-refractivity contribution < 1.29 is 22.7 Å². The van der Waals surface area contributed by atoms with Gasteiger partial charge in [-0.1, -0.05) is 11.6 Å². The molecule has 28 heavy (non-hydrogen) atoms. The number of methoxy groups -OCH3 is 1. The zero-order valence-electron chi connectivity index (χ0n) is 16.6. The molecule has 1 aromatic carbocycles. The zero-order chi connectivity index (χ0) is 20.7. The Morgan fingerprint density at radius 1 is 1.32 bits per heavy atom. The normalized spacial score (nSPS) is 16.3. The molecule has 1 N–H and O–H groups in total. The van der Waals surface area contributed by atoms with Crippen molar-refractivity contribution in [1.29, 1.82) is 0 Å². The molecule has 1 saturated heterocycles. The van der Waals surface area contributed by atoms with E-state index in [9.17, 15) is 13.2 Å². The van der Waals surface area contributed by atoms with E-state index in [1.165, 1.54) is 23.5 Å². The molecular weight excluding hydrogens is 404 g/mol. The number of nitrogens with one attached hydrogen (secondary N) is 1. The SMILES string of the molecule is COc1ccc(S(=O)(=O)N2CCC(C(=O)NCCCOC(C)C)CC2)cc1Cl. The Bertz CT molecular complexity index is 762. The maximum absolute atomic E-state index is 12.8. The molecule has 2 rings (SSSR count). The number of hydrogen-bond donors (Lipinski definition) is 1. The molecule has 1 amide bonds. The van der Waals surface area contributed by atoms with Gasteiger partial charge in [0.15, 0.2) is 0 Å². The topological polar surface area (TPSA) is 84.9 Å². The lowest BCUT2D eigenvalue weighted by atomic mass is 9.97. The number of benzene rings is 1. The summed E-state index contributed by atoms with van der Waals surface area (Å²) < 4.78 is 37.6. The quantitative estimate of drug-likeness (QED) is 0.606. The second-order valence-electron chi connectivity index (χ2n) is 7.04. The van der Waals surface area contributed by atoms with E-state index in [4.69, 9.17) is 21.1 Å². The summed E-state index contributed by atoms with van der Waals surface area (Å²) in [7, 11) is -2.17. The van der Waals surface area contributed by atoms with Gasteiger partial charge in [-0.25, -0.2) is 8.42 Å². The average Bonchev–Trinajstić information content (AvgIpc) is 2.67. The van der Waals surface area contributed by atoms with Gasteiger partial charge in [-0.2, -0.15) is 4.31 Å². The van der Waals surface area contributed by atoms with Crippen LogP contribution in [0.5, 0.6) is 5.75 Å². The lowest BCUT2D eigenvalue weighted by molar-refractivity contribution is -0.126. The molecule has 9 heteroatoms. The lowest BCUT2D eigenvalue weighted by Crippen LogP contribution is -2.43. The van der Waals surface area contributed by atoms with Crippen LogP contribution >= 0.6 is 11.6 Å². The van der Waals surface area contributed by atoms with E-state index >= 15 is 0 Å². The van der Waals surface area contributed by atoms with Gasteiger partial charge in [0.2, 0.25) is 15.9 Å².